The molecule has 2 rings (SSSR count). The van der Waals surface area contributed by atoms with Gasteiger partial charge in [-0.15, -0.1) is 0 Å². The van der Waals surface area contributed by atoms with Gasteiger partial charge in [0.25, 0.3) is 6.47 Å². The second-order valence-corrected chi connectivity index (χ2v) is 3.91. The van der Waals surface area contributed by atoms with E-state index in [1.807, 2.05) is 12.1 Å². The second kappa shape index (κ2) is 7.45. The van der Waals surface area contributed by atoms with Gasteiger partial charge in [-0.3, -0.25) is 4.79 Å². The molecule has 0 N–H and O–H groups in total. The molecule has 0 spiro atoms. The molecule has 17 heavy (non-hydrogen) atoms. The third kappa shape index (κ3) is 4.28. The van der Waals surface area contributed by atoms with E-state index in [0.29, 0.717) is 13.1 Å². The van der Waals surface area contributed by atoms with Crippen molar-refractivity contribution < 1.29 is 9.53 Å². The second-order valence-electron chi connectivity index (χ2n) is 3.91. The van der Waals surface area contributed by atoms with Gasteiger partial charge in [0.2, 0.25) is 0 Å². The molecule has 0 bridgehead atoms. The Kier molecular flexibility index (Phi) is 5.81. The first kappa shape index (κ1) is 13.2. The molecule has 3 heteroatoms. The minimum Gasteiger partial charge on any atom is -0.468 e. The highest BCUT2D eigenvalue weighted by Crippen LogP contribution is 2.36. The van der Waals surface area contributed by atoms with Gasteiger partial charge < -0.3 is 4.74 Å². The fourth-order valence-electron chi connectivity index (χ4n) is 1.64. The summed E-state index contributed by atoms with van der Waals surface area (Å²) in [5, 5.41) is 8.59. The van der Waals surface area contributed by atoms with Gasteiger partial charge in [-0.2, -0.15) is 5.26 Å². The largest absolute Gasteiger partial charge is 0.468 e. The molecule has 0 heterocycles. The minimum atomic E-state index is 0.431. The average Bonchev–Trinajstić information content (AvgIpc) is 2.30. The van der Waals surface area contributed by atoms with Crippen molar-refractivity contribution in [2.24, 2.45) is 0 Å². The number of hydrogen-bond donors (Lipinski definition) is 0. The number of carbonyl (C=O) groups excluding carboxylic acids is 1. The van der Waals surface area contributed by atoms with E-state index in [1.165, 1.54) is 24.8 Å². The van der Waals surface area contributed by atoms with Gasteiger partial charge in [-0.05, 0) is 43.4 Å². The van der Waals surface area contributed by atoms with E-state index >= 15 is 0 Å². The molecule has 90 valence electrons. The number of hydrogen-bond acceptors (Lipinski definition) is 3. The molecule has 0 saturated heterocycles. The zero-order chi connectivity index (χ0) is 12.5. The number of nitriles is 1. The van der Waals surface area contributed by atoms with Crippen LogP contribution >= 0.6 is 0 Å². The molecule has 1 aliphatic carbocycles. The van der Waals surface area contributed by atoms with Crippen molar-refractivity contribution >= 4 is 6.47 Å². The Morgan fingerprint density at radius 3 is 2.35 bits per heavy atom. The third-order valence-electron chi connectivity index (χ3n) is 2.85. The molecule has 0 aromatic heterocycles. The van der Waals surface area contributed by atoms with E-state index in [9.17, 15) is 4.79 Å². The van der Waals surface area contributed by atoms with E-state index in [4.69, 9.17) is 5.26 Å². The lowest BCUT2D eigenvalue weighted by atomic mass is 9.80. The predicted molar refractivity (Wildman–Crippen MR) is 65.4 cm³/mol. The molecule has 0 atom stereocenters. The van der Waals surface area contributed by atoms with E-state index in [0.717, 1.165) is 11.5 Å². The van der Waals surface area contributed by atoms with Crippen LogP contribution in [-0.4, -0.2) is 13.1 Å². The quantitative estimate of drug-likeness (QED) is 0.751. The average molecular weight is 231 g/mol. The standard InChI is InChI=1S/C11H11N.C3H6O2/c12-8-9-4-6-11(7-5-9)10-2-1-3-10;1-2-5-3-4/h4-7,10H,1-3H2;3H,2H2,1H3. The Bertz CT molecular complexity index is 374. The smallest absolute Gasteiger partial charge is 0.293 e. The van der Waals surface area contributed by atoms with Crippen molar-refractivity contribution in [2.45, 2.75) is 32.1 Å². The lowest BCUT2D eigenvalue weighted by molar-refractivity contribution is -0.128. The van der Waals surface area contributed by atoms with E-state index in [-0.39, 0.29) is 0 Å². The summed E-state index contributed by atoms with van der Waals surface area (Å²) in [4.78, 5) is 9.18. The molecule has 1 aromatic carbocycles. The zero-order valence-electron chi connectivity index (χ0n) is 10.1. The summed E-state index contributed by atoms with van der Waals surface area (Å²) in [5.41, 5.74) is 2.17. The fraction of sp³-hybridized carbons (Fsp3) is 0.429. The van der Waals surface area contributed by atoms with Gasteiger partial charge in [-0.25, -0.2) is 0 Å². The third-order valence-corrected chi connectivity index (χ3v) is 2.85. The summed E-state index contributed by atoms with van der Waals surface area (Å²) in [6, 6.07) is 10.1. The highest BCUT2D eigenvalue weighted by atomic mass is 16.5. The molecule has 0 radical (unpaired) electrons. The molecule has 1 saturated carbocycles. The van der Waals surface area contributed by atoms with Crippen LogP contribution in [0.2, 0.25) is 0 Å². The topological polar surface area (TPSA) is 50.1 Å². The molecule has 1 aromatic rings. The molecule has 0 amide bonds. The van der Waals surface area contributed by atoms with Crippen LogP contribution in [0, 0.1) is 11.3 Å². The monoisotopic (exact) mass is 231 g/mol. The molecular weight excluding hydrogens is 214 g/mol. The summed E-state index contributed by atoms with van der Waals surface area (Å²) < 4.78 is 4.15. The van der Waals surface area contributed by atoms with Crippen LogP contribution in [0.5, 0.6) is 0 Å². The SMILES string of the molecule is CCOC=O.N#Cc1ccc(C2CCC2)cc1. The fourth-order valence-corrected chi connectivity index (χ4v) is 1.64. The van der Waals surface area contributed by atoms with Crippen molar-refractivity contribution in [3.8, 4) is 6.07 Å². The zero-order valence-corrected chi connectivity index (χ0v) is 10.1. The maximum Gasteiger partial charge on any atom is 0.293 e. The van der Waals surface area contributed by atoms with Crippen LogP contribution in [0.15, 0.2) is 24.3 Å². The maximum absolute atomic E-state index is 9.18. The van der Waals surface area contributed by atoms with Crippen molar-refractivity contribution in [3.63, 3.8) is 0 Å². The van der Waals surface area contributed by atoms with Crippen LogP contribution < -0.4 is 0 Å². The van der Waals surface area contributed by atoms with Crippen molar-refractivity contribution in [3.05, 3.63) is 35.4 Å². The predicted octanol–water partition coefficient (Wildman–Crippen LogP) is 3.01. The molecule has 1 aliphatic rings. The number of carbonyl (C=O) groups is 1. The van der Waals surface area contributed by atoms with Crippen LogP contribution in [-0.2, 0) is 9.53 Å². The molecule has 3 nitrogen and oxygen atoms in total. The van der Waals surface area contributed by atoms with Gasteiger partial charge in [0, 0.05) is 0 Å². The summed E-state index contributed by atoms with van der Waals surface area (Å²) in [7, 11) is 0. The van der Waals surface area contributed by atoms with Crippen molar-refractivity contribution in [1.29, 1.82) is 5.26 Å². The van der Waals surface area contributed by atoms with Crippen LogP contribution in [0.3, 0.4) is 0 Å². The summed E-state index contributed by atoms with van der Waals surface area (Å²) in [5.74, 6) is 0.776. The Hall–Kier alpha value is -1.82. The van der Waals surface area contributed by atoms with Gasteiger partial charge >= 0.3 is 0 Å². The first-order valence-corrected chi connectivity index (χ1v) is 5.87. The molecule has 0 aliphatic heterocycles. The highest BCUT2D eigenvalue weighted by molar-refractivity contribution is 5.36. The lowest BCUT2D eigenvalue weighted by Gasteiger charge is -2.25. The number of ether oxygens (including phenoxy) is 1. The minimum absolute atomic E-state index is 0.431. The normalized spacial score (nSPS) is 13.6. The summed E-state index contributed by atoms with van der Waals surface area (Å²) >= 11 is 0. The first-order chi connectivity index (χ1) is 8.31. The van der Waals surface area contributed by atoms with Crippen LogP contribution in [0.4, 0.5) is 0 Å². The van der Waals surface area contributed by atoms with Gasteiger partial charge in [0.05, 0.1) is 18.2 Å². The van der Waals surface area contributed by atoms with Gasteiger partial charge in [-0.1, -0.05) is 18.6 Å². The Balaban J connectivity index is 0.000000249. The van der Waals surface area contributed by atoms with Crippen LogP contribution in [0.25, 0.3) is 0 Å². The van der Waals surface area contributed by atoms with Crippen molar-refractivity contribution in [1.82, 2.24) is 0 Å². The molecular formula is C14H17NO2. The van der Waals surface area contributed by atoms with Crippen LogP contribution in [0.1, 0.15) is 43.2 Å². The van der Waals surface area contributed by atoms with E-state index in [2.05, 4.69) is 22.9 Å². The highest BCUT2D eigenvalue weighted by Gasteiger charge is 2.18. The number of nitrogens with zero attached hydrogens (tertiary/aromatic N) is 1. The number of benzene rings is 1. The maximum atomic E-state index is 9.18. The Morgan fingerprint density at radius 1 is 1.41 bits per heavy atom. The van der Waals surface area contributed by atoms with Crippen molar-refractivity contribution in [2.75, 3.05) is 6.61 Å². The summed E-state index contributed by atoms with van der Waals surface area (Å²) in [6.07, 6.45) is 4.02. The number of rotatable bonds is 3. The summed E-state index contributed by atoms with van der Waals surface area (Å²) in [6.45, 7) is 2.66. The first-order valence-electron chi connectivity index (χ1n) is 5.87. The molecule has 0 unspecified atom stereocenters. The molecule has 1 fully saturated rings. The lowest BCUT2D eigenvalue weighted by Crippen LogP contribution is -2.08. The van der Waals surface area contributed by atoms with E-state index in [1.54, 1.807) is 6.92 Å². The van der Waals surface area contributed by atoms with Gasteiger partial charge in [0.1, 0.15) is 0 Å². The van der Waals surface area contributed by atoms with E-state index < -0.39 is 0 Å². The Morgan fingerprint density at radius 2 is 2.06 bits per heavy atom. The Labute approximate surface area is 102 Å². The van der Waals surface area contributed by atoms with Gasteiger partial charge in [0.15, 0.2) is 0 Å².